The number of hydrogen-bond donors (Lipinski definition) is 3. The predicted octanol–water partition coefficient (Wildman–Crippen LogP) is 3.82. The van der Waals surface area contributed by atoms with Gasteiger partial charge < -0.3 is 20.1 Å². The molecule has 7 nitrogen and oxygen atoms in total. The van der Waals surface area contributed by atoms with Crippen molar-refractivity contribution in [3.05, 3.63) is 54.2 Å². The number of likely N-dealkylation sites (tertiary alicyclic amines) is 1. The van der Waals surface area contributed by atoms with Gasteiger partial charge in [-0.1, -0.05) is 12.0 Å². The summed E-state index contributed by atoms with van der Waals surface area (Å²) in [4.78, 5) is 2.25. The van der Waals surface area contributed by atoms with Crippen molar-refractivity contribution in [2.75, 3.05) is 37.3 Å². The van der Waals surface area contributed by atoms with E-state index in [1.165, 1.54) is 16.7 Å². The van der Waals surface area contributed by atoms with Crippen LogP contribution < -0.4 is 15.8 Å². The van der Waals surface area contributed by atoms with Crippen LogP contribution in [0.25, 0.3) is 10.9 Å². The Morgan fingerprint density at radius 2 is 1.81 bits per heavy atom. The van der Waals surface area contributed by atoms with E-state index in [-0.39, 0.29) is 23.2 Å². The average Bonchev–Trinajstić information content (AvgIpc) is 3.15. The first kappa shape index (κ1) is 25.9. The molecule has 4 N–H and O–H groups in total. The average molecular weight is 520 g/mol. The molecule has 11 heteroatoms. The quantitative estimate of drug-likeness (QED) is 0.431. The van der Waals surface area contributed by atoms with E-state index < -0.39 is 22.7 Å². The Labute approximate surface area is 208 Å². The van der Waals surface area contributed by atoms with E-state index in [1.54, 1.807) is 30.3 Å². The van der Waals surface area contributed by atoms with Gasteiger partial charge in [-0.3, -0.25) is 0 Å². The lowest BCUT2D eigenvalue weighted by molar-refractivity contribution is -0.140. The first-order valence-corrected chi connectivity index (χ1v) is 13.0. The molecule has 3 aromatic rings. The van der Waals surface area contributed by atoms with Crippen LogP contribution in [0.15, 0.2) is 53.4 Å². The number of benzene rings is 2. The predicted molar refractivity (Wildman–Crippen MR) is 135 cm³/mol. The number of rotatable bonds is 6. The molecule has 0 bridgehead atoms. The summed E-state index contributed by atoms with van der Waals surface area (Å²) in [7, 11) is -1.71. The van der Waals surface area contributed by atoms with Crippen molar-refractivity contribution >= 4 is 32.3 Å². The van der Waals surface area contributed by atoms with Crippen LogP contribution in [0.2, 0.25) is 0 Å². The Bertz CT molecular complexity index is 1380. The maximum atomic E-state index is 13.4. The fraction of sp³-hybridized carbons (Fsp3) is 0.360. The highest BCUT2D eigenvalue weighted by Gasteiger charge is 2.30. The summed E-state index contributed by atoms with van der Waals surface area (Å²) in [5, 5.41) is 12.3. The second-order valence-corrected chi connectivity index (χ2v) is 10.5. The molecule has 0 atom stereocenters. The van der Waals surface area contributed by atoms with Crippen molar-refractivity contribution in [2.24, 2.45) is 5.14 Å². The van der Waals surface area contributed by atoms with Gasteiger partial charge in [-0.2, -0.15) is 13.2 Å². The number of nitrogens with two attached hydrogens (primary N) is 1. The Morgan fingerprint density at radius 1 is 1.11 bits per heavy atom. The molecule has 0 unspecified atom stereocenters. The molecule has 0 saturated carbocycles. The van der Waals surface area contributed by atoms with Gasteiger partial charge in [0.2, 0.25) is 10.0 Å². The Morgan fingerprint density at radius 3 is 2.44 bits per heavy atom. The molecule has 0 radical (unpaired) electrons. The van der Waals surface area contributed by atoms with E-state index in [9.17, 15) is 21.6 Å². The van der Waals surface area contributed by atoms with Gasteiger partial charge in [0.15, 0.2) is 0 Å². The van der Waals surface area contributed by atoms with Gasteiger partial charge in [-0.25, -0.2) is 13.6 Å². The van der Waals surface area contributed by atoms with Gasteiger partial charge in [0.1, 0.15) is 6.54 Å². The standard InChI is InChI=1S/C25H28F3N5O2S/c1-32-14-11-19(12-15-32)31-23-5-2-6-24-22(23)16-20(33(24)17-25(26,27)28)4-3-13-30-18-7-9-21(10-8-18)36(29,34)35/h2,5-10,16,19,30-31H,11-15,17H2,1H3,(H2,29,34,35). The number of halogens is 3. The van der Waals surface area contributed by atoms with Crippen molar-refractivity contribution in [1.82, 2.24) is 9.47 Å². The lowest BCUT2D eigenvalue weighted by Crippen LogP contribution is -2.36. The number of piperidine rings is 1. The zero-order chi connectivity index (χ0) is 25.9. The summed E-state index contributed by atoms with van der Waals surface area (Å²) >= 11 is 0. The minimum atomic E-state index is -4.40. The molecule has 0 aliphatic carbocycles. The van der Waals surface area contributed by atoms with Crippen molar-refractivity contribution < 1.29 is 21.6 Å². The van der Waals surface area contributed by atoms with E-state index in [2.05, 4.69) is 34.4 Å². The van der Waals surface area contributed by atoms with Crippen LogP contribution in [0, 0.1) is 11.8 Å². The molecule has 1 aromatic heterocycles. The minimum Gasteiger partial charge on any atom is -0.382 e. The van der Waals surface area contributed by atoms with Crippen LogP contribution in [-0.2, 0) is 16.6 Å². The smallest absolute Gasteiger partial charge is 0.382 e. The molecule has 2 heterocycles. The van der Waals surface area contributed by atoms with E-state index >= 15 is 0 Å². The summed E-state index contributed by atoms with van der Waals surface area (Å²) in [6.07, 6.45) is -2.47. The Kier molecular flexibility index (Phi) is 7.49. The molecule has 2 aromatic carbocycles. The number of hydrogen-bond acceptors (Lipinski definition) is 5. The van der Waals surface area contributed by atoms with Crippen LogP contribution in [0.3, 0.4) is 0 Å². The number of fused-ring (bicyclic) bond motifs is 1. The van der Waals surface area contributed by atoms with Crippen molar-refractivity contribution in [3.8, 4) is 11.8 Å². The van der Waals surface area contributed by atoms with E-state index in [0.29, 0.717) is 16.6 Å². The zero-order valence-electron chi connectivity index (χ0n) is 19.8. The molecular formula is C25H28F3N5O2S. The SMILES string of the molecule is CN1CCC(Nc2cccc3c2cc(C#CCNc2ccc(S(N)(=O)=O)cc2)n3CC(F)(F)F)CC1. The number of primary sulfonamides is 1. The molecule has 1 saturated heterocycles. The maximum Gasteiger partial charge on any atom is 0.406 e. The monoisotopic (exact) mass is 519 g/mol. The number of anilines is 2. The molecule has 1 aliphatic heterocycles. The molecule has 36 heavy (non-hydrogen) atoms. The van der Waals surface area contributed by atoms with Crippen molar-refractivity contribution in [1.29, 1.82) is 0 Å². The highest BCUT2D eigenvalue weighted by atomic mass is 32.2. The van der Waals surface area contributed by atoms with Crippen molar-refractivity contribution in [3.63, 3.8) is 0 Å². The van der Waals surface area contributed by atoms with Crippen LogP contribution in [0.4, 0.5) is 24.5 Å². The Hall–Kier alpha value is -3.20. The van der Waals surface area contributed by atoms with Crippen LogP contribution in [-0.4, -0.2) is 56.8 Å². The molecule has 0 spiro atoms. The lowest BCUT2D eigenvalue weighted by atomic mass is 10.0. The van der Waals surface area contributed by atoms with Gasteiger partial charge >= 0.3 is 6.18 Å². The number of nitrogens with zero attached hydrogens (tertiary/aromatic N) is 2. The molecule has 4 rings (SSSR count). The third-order valence-electron chi connectivity index (χ3n) is 6.14. The van der Waals surface area contributed by atoms with Gasteiger partial charge in [0, 0.05) is 22.8 Å². The van der Waals surface area contributed by atoms with Crippen molar-refractivity contribution in [2.45, 2.75) is 36.5 Å². The second-order valence-electron chi connectivity index (χ2n) is 8.92. The normalized spacial score (nSPS) is 15.5. The number of nitrogens with one attached hydrogen (secondary N) is 2. The fourth-order valence-electron chi connectivity index (χ4n) is 4.28. The van der Waals surface area contributed by atoms with Gasteiger partial charge in [0.05, 0.1) is 22.7 Å². The minimum absolute atomic E-state index is 0.0135. The van der Waals surface area contributed by atoms with Gasteiger partial charge in [-0.15, -0.1) is 0 Å². The summed E-state index contributed by atoms with van der Waals surface area (Å²) in [5.41, 5.74) is 2.16. The first-order chi connectivity index (χ1) is 17.0. The lowest BCUT2D eigenvalue weighted by Gasteiger charge is -2.30. The maximum absolute atomic E-state index is 13.4. The number of aromatic nitrogens is 1. The largest absolute Gasteiger partial charge is 0.406 e. The van der Waals surface area contributed by atoms with E-state index in [4.69, 9.17) is 5.14 Å². The molecule has 1 fully saturated rings. The third-order valence-corrected chi connectivity index (χ3v) is 7.07. The highest BCUT2D eigenvalue weighted by Crippen LogP contribution is 2.31. The molecular weight excluding hydrogens is 491 g/mol. The van der Waals surface area contributed by atoms with Gasteiger partial charge in [0.25, 0.3) is 0 Å². The number of alkyl halides is 3. The zero-order valence-corrected chi connectivity index (χ0v) is 20.6. The summed E-state index contributed by atoms with van der Waals surface area (Å²) < 4.78 is 64.1. The third kappa shape index (κ3) is 6.51. The van der Waals surface area contributed by atoms with Crippen LogP contribution >= 0.6 is 0 Å². The molecule has 0 amide bonds. The van der Waals surface area contributed by atoms with Crippen LogP contribution in [0.5, 0.6) is 0 Å². The van der Waals surface area contributed by atoms with E-state index in [1.807, 2.05) is 6.07 Å². The van der Waals surface area contributed by atoms with E-state index in [0.717, 1.165) is 31.6 Å². The molecule has 192 valence electrons. The summed E-state index contributed by atoms with van der Waals surface area (Å²) in [6.45, 7) is 0.956. The summed E-state index contributed by atoms with van der Waals surface area (Å²) in [5.74, 6) is 5.74. The highest BCUT2D eigenvalue weighted by molar-refractivity contribution is 7.89. The first-order valence-electron chi connectivity index (χ1n) is 11.5. The van der Waals surface area contributed by atoms with Gasteiger partial charge in [-0.05, 0) is 81.4 Å². The number of sulfonamides is 1. The molecule has 1 aliphatic rings. The second kappa shape index (κ2) is 10.4. The Balaban J connectivity index is 1.56. The van der Waals surface area contributed by atoms with Crippen LogP contribution in [0.1, 0.15) is 18.5 Å². The fourth-order valence-corrected chi connectivity index (χ4v) is 4.80. The topological polar surface area (TPSA) is 92.4 Å². The summed E-state index contributed by atoms with van der Waals surface area (Å²) in [6, 6.07) is 13.1.